The van der Waals surface area contributed by atoms with E-state index in [1.807, 2.05) is 0 Å². The molecule has 0 bridgehead atoms. The van der Waals surface area contributed by atoms with Crippen molar-refractivity contribution in [3.05, 3.63) is 24.3 Å². The maximum atomic E-state index is 11.9. The van der Waals surface area contributed by atoms with E-state index >= 15 is 0 Å². The quantitative estimate of drug-likeness (QED) is 0.668. The van der Waals surface area contributed by atoms with Crippen LogP contribution in [0, 0.1) is 5.92 Å². The maximum absolute atomic E-state index is 11.9. The van der Waals surface area contributed by atoms with Gasteiger partial charge in [-0.1, -0.05) is 6.07 Å². The Morgan fingerprint density at radius 1 is 1.18 bits per heavy atom. The number of benzene rings is 1. The zero-order valence-corrected chi connectivity index (χ0v) is 13.2. The van der Waals surface area contributed by atoms with Crippen LogP contribution < -0.4 is 21.7 Å². The third-order valence-corrected chi connectivity index (χ3v) is 3.65. The second kappa shape index (κ2) is 9.27. The van der Waals surface area contributed by atoms with Gasteiger partial charge in [-0.25, -0.2) is 4.79 Å². The molecule has 122 valence electrons. The van der Waals surface area contributed by atoms with E-state index in [0.29, 0.717) is 23.7 Å². The van der Waals surface area contributed by atoms with Gasteiger partial charge in [0.05, 0.1) is 0 Å². The number of carbonyl (C=O) groups excluding carboxylic acids is 2. The van der Waals surface area contributed by atoms with E-state index in [9.17, 15) is 9.59 Å². The molecule has 1 heterocycles. The lowest BCUT2D eigenvalue weighted by Crippen LogP contribution is -2.28. The number of hydrogen-bond acceptors (Lipinski definition) is 3. The summed E-state index contributed by atoms with van der Waals surface area (Å²) in [5, 5.41) is 8.65. The molecule has 1 aliphatic heterocycles. The highest BCUT2D eigenvalue weighted by Gasteiger charge is 2.14. The Labute approximate surface area is 136 Å². The van der Waals surface area contributed by atoms with E-state index < -0.39 is 6.03 Å². The predicted molar refractivity (Wildman–Crippen MR) is 90.4 cm³/mol. The van der Waals surface area contributed by atoms with Crippen LogP contribution in [0.1, 0.15) is 25.7 Å². The Morgan fingerprint density at radius 2 is 1.82 bits per heavy atom. The zero-order chi connectivity index (χ0) is 15.1. The molecule has 7 heteroatoms. The molecule has 22 heavy (non-hydrogen) atoms. The first-order valence-corrected chi connectivity index (χ1v) is 7.30. The standard InChI is InChI=1S/C15H22N4O2.ClH/c16-15(21)19-13-3-1-2-12(10-13)18-14(20)5-4-11-6-8-17-9-7-11;/h1-3,10-11,17H,4-9H2,(H,18,20)(H3,16,19,21);1H. The van der Waals surface area contributed by atoms with Crippen molar-refractivity contribution in [1.82, 2.24) is 5.32 Å². The number of primary amides is 1. The van der Waals surface area contributed by atoms with Crippen LogP contribution in [-0.2, 0) is 4.79 Å². The van der Waals surface area contributed by atoms with Crippen LogP contribution in [0.4, 0.5) is 16.2 Å². The van der Waals surface area contributed by atoms with Crippen LogP contribution in [0.5, 0.6) is 0 Å². The van der Waals surface area contributed by atoms with Gasteiger partial charge in [-0.3, -0.25) is 4.79 Å². The summed E-state index contributed by atoms with van der Waals surface area (Å²) in [6.07, 6.45) is 3.74. The predicted octanol–water partition coefficient (Wildman–Crippen LogP) is 2.32. The van der Waals surface area contributed by atoms with E-state index in [1.165, 1.54) is 0 Å². The van der Waals surface area contributed by atoms with Crippen LogP contribution in [0.2, 0.25) is 0 Å². The number of anilines is 2. The number of carbonyl (C=O) groups is 2. The summed E-state index contributed by atoms with van der Waals surface area (Å²) in [6, 6.07) is 6.33. The number of piperidine rings is 1. The van der Waals surface area contributed by atoms with Crippen molar-refractivity contribution >= 4 is 35.7 Å². The fraction of sp³-hybridized carbons (Fsp3) is 0.467. The Morgan fingerprint density at radius 3 is 2.45 bits per heavy atom. The first-order valence-electron chi connectivity index (χ1n) is 7.30. The summed E-state index contributed by atoms with van der Waals surface area (Å²) in [7, 11) is 0. The number of urea groups is 1. The Hall–Kier alpha value is -1.79. The Balaban J connectivity index is 0.00000242. The van der Waals surface area contributed by atoms with Crippen molar-refractivity contribution in [2.45, 2.75) is 25.7 Å². The van der Waals surface area contributed by atoms with Gasteiger partial charge in [-0.2, -0.15) is 0 Å². The summed E-state index contributed by atoms with van der Waals surface area (Å²) in [4.78, 5) is 22.7. The molecule has 0 atom stereocenters. The van der Waals surface area contributed by atoms with Crippen LogP contribution in [0.25, 0.3) is 0 Å². The molecule has 0 aliphatic carbocycles. The molecule has 1 aromatic carbocycles. The summed E-state index contributed by atoms with van der Waals surface area (Å²) in [5.74, 6) is 0.643. The maximum Gasteiger partial charge on any atom is 0.316 e. The number of rotatable bonds is 5. The lowest BCUT2D eigenvalue weighted by Gasteiger charge is -2.22. The minimum atomic E-state index is -0.621. The minimum Gasteiger partial charge on any atom is -0.351 e. The highest BCUT2D eigenvalue weighted by Crippen LogP contribution is 2.19. The van der Waals surface area contributed by atoms with Crippen molar-refractivity contribution in [2.75, 3.05) is 23.7 Å². The third kappa shape index (κ3) is 6.32. The molecule has 1 aliphatic rings. The third-order valence-electron chi connectivity index (χ3n) is 3.65. The van der Waals surface area contributed by atoms with Crippen LogP contribution in [0.3, 0.4) is 0 Å². The average Bonchev–Trinajstić information content (AvgIpc) is 2.46. The number of halogens is 1. The molecule has 5 N–H and O–H groups in total. The number of nitrogens with two attached hydrogens (primary N) is 1. The molecule has 0 saturated carbocycles. The van der Waals surface area contributed by atoms with Crippen LogP contribution >= 0.6 is 12.4 Å². The monoisotopic (exact) mass is 326 g/mol. The molecule has 0 radical (unpaired) electrons. The second-order valence-electron chi connectivity index (χ2n) is 5.35. The van der Waals surface area contributed by atoms with Gasteiger partial charge in [0.15, 0.2) is 0 Å². The number of amides is 3. The van der Waals surface area contributed by atoms with Crippen molar-refractivity contribution in [3.8, 4) is 0 Å². The summed E-state index contributed by atoms with van der Waals surface area (Å²) >= 11 is 0. The minimum absolute atomic E-state index is 0. The van der Waals surface area contributed by atoms with E-state index in [0.717, 1.165) is 32.4 Å². The first kappa shape index (κ1) is 18.3. The van der Waals surface area contributed by atoms with Crippen molar-refractivity contribution in [3.63, 3.8) is 0 Å². The summed E-state index contributed by atoms with van der Waals surface area (Å²) < 4.78 is 0. The smallest absolute Gasteiger partial charge is 0.316 e. The average molecular weight is 327 g/mol. The SMILES string of the molecule is Cl.NC(=O)Nc1cccc(NC(=O)CCC2CCNCC2)c1. The summed E-state index contributed by atoms with van der Waals surface area (Å²) in [5.41, 5.74) is 6.30. The normalized spacial score (nSPS) is 14.7. The van der Waals surface area contributed by atoms with Gasteiger partial charge in [0.2, 0.25) is 5.91 Å². The van der Waals surface area contributed by atoms with E-state index in [4.69, 9.17) is 5.73 Å². The number of hydrogen-bond donors (Lipinski definition) is 4. The lowest BCUT2D eigenvalue weighted by atomic mass is 9.93. The molecule has 1 saturated heterocycles. The lowest BCUT2D eigenvalue weighted by molar-refractivity contribution is -0.116. The fourth-order valence-corrected chi connectivity index (χ4v) is 2.55. The molecule has 0 aromatic heterocycles. The van der Waals surface area contributed by atoms with Gasteiger partial charge < -0.3 is 21.7 Å². The molecule has 2 rings (SSSR count). The molecule has 1 fully saturated rings. The van der Waals surface area contributed by atoms with Gasteiger partial charge in [0.1, 0.15) is 0 Å². The molecule has 1 aromatic rings. The van der Waals surface area contributed by atoms with Crippen LogP contribution in [-0.4, -0.2) is 25.0 Å². The highest BCUT2D eigenvalue weighted by atomic mass is 35.5. The molecule has 3 amide bonds. The Bertz CT molecular complexity index is 504. The van der Waals surface area contributed by atoms with Crippen molar-refractivity contribution in [1.29, 1.82) is 0 Å². The van der Waals surface area contributed by atoms with E-state index in [2.05, 4.69) is 16.0 Å². The number of nitrogens with one attached hydrogen (secondary N) is 3. The van der Waals surface area contributed by atoms with Crippen LogP contribution in [0.15, 0.2) is 24.3 Å². The van der Waals surface area contributed by atoms with Gasteiger partial charge in [0, 0.05) is 17.8 Å². The fourth-order valence-electron chi connectivity index (χ4n) is 2.55. The molecular weight excluding hydrogens is 304 g/mol. The van der Waals surface area contributed by atoms with Gasteiger partial charge >= 0.3 is 6.03 Å². The summed E-state index contributed by atoms with van der Waals surface area (Å²) in [6.45, 7) is 2.10. The second-order valence-corrected chi connectivity index (χ2v) is 5.35. The van der Waals surface area contributed by atoms with Gasteiger partial charge in [0.25, 0.3) is 0 Å². The van der Waals surface area contributed by atoms with Crippen molar-refractivity contribution in [2.24, 2.45) is 11.7 Å². The van der Waals surface area contributed by atoms with E-state index in [-0.39, 0.29) is 18.3 Å². The van der Waals surface area contributed by atoms with E-state index in [1.54, 1.807) is 24.3 Å². The van der Waals surface area contributed by atoms with Crippen molar-refractivity contribution < 1.29 is 9.59 Å². The zero-order valence-electron chi connectivity index (χ0n) is 12.4. The Kier molecular flexibility index (Phi) is 7.70. The largest absolute Gasteiger partial charge is 0.351 e. The van der Waals surface area contributed by atoms with Gasteiger partial charge in [-0.05, 0) is 56.5 Å². The first-order chi connectivity index (χ1) is 10.1. The molecule has 0 spiro atoms. The topological polar surface area (TPSA) is 96.2 Å². The molecule has 0 unspecified atom stereocenters. The van der Waals surface area contributed by atoms with Gasteiger partial charge in [-0.15, -0.1) is 12.4 Å². The highest BCUT2D eigenvalue weighted by molar-refractivity contribution is 5.93. The molecular formula is C15H23ClN4O2. The molecule has 6 nitrogen and oxygen atoms in total.